The Morgan fingerprint density at radius 1 is 1.03 bits per heavy atom. The quantitative estimate of drug-likeness (QED) is 0.718. The molecule has 156 valence electrons. The van der Waals surface area contributed by atoms with Gasteiger partial charge < -0.3 is 10.1 Å². The summed E-state index contributed by atoms with van der Waals surface area (Å²) in [5.74, 6) is -0.246. The molecule has 0 aliphatic heterocycles. The van der Waals surface area contributed by atoms with Crippen LogP contribution in [0.25, 0.3) is 0 Å². The molecule has 0 heterocycles. The van der Waals surface area contributed by atoms with Gasteiger partial charge in [0.1, 0.15) is 0 Å². The van der Waals surface area contributed by atoms with Gasteiger partial charge in [-0.25, -0.2) is 8.42 Å². The van der Waals surface area contributed by atoms with Gasteiger partial charge in [-0.1, -0.05) is 38.1 Å². The molecular weight excluding hydrogens is 388 g/mol. The lowest BCUT2D eigenvalue weighted by Crippen LogP contribution is -2.45. The molecule has 3 rings (SSSR count). The lowest BCUT2D eigenvalue weighted by atomic mass is 10.00. The maximum absolute atomic E-state index is 12.6. The van der Waals surface area contributed by atoms with Gasteiger partial charge in [-0.3, -0.25) is 4.79 Å². The number of amides is 1. The predicted molar refractivity (Wildman–Crippen MR) is 112 cm³/mol. The monoisotopic (exact) mass is 416 g/mol. The summed E-state index contributed by atoms with van der Waals surface area (Å²) < 4.78 is 32.3. The maximum atomic E-state index is 12.6. The summed E-state index contributed by atoms with van der Waals surface area (Å²) in [5.41, 5.74) is 2.46. The SMILES string of the molecule is CCN(CC)S(=O)(=O)c1ccc(C(=O)NCC2(OC)Cc3ccccc3C2)cc1. The summed E-state index contributed by atoms with van der Waals surface area (Å²) in [6, 6.07) is 14.3. The van der Waals surface area contributed by atoms with Crippen LogP contribution in [-0.2, 0) is 27.6 Å². The second kappa shape index (κ2) is 8.65. The van der Waals surface area contributed by atoms with Crippen molar-refractivity contribution in [2.45, 2.75) is 37.2 Å². The van der Waals surface area contributed by atoms with Crippen LogP contribution >= 0.6 is 0 Å². The molecular formula is C22H28N2O4S. The number of sulfonamides is 1. The van der Waals surface area contributed by atoms with Crippen LogP contribution in [0.5, 0.6) is 0 Å². The van der Waals surface area contributed by atoms with Crippen molar-refractivity contribution in [3.63, 3.8) is 0 Å². The van der Waals surface area contributed by atoms with Crippen LogP contribution in [0.1, 0.15) is 35.3 Å². The standard InChI is InChI=1S/C22H28N2O4S/c1-4-24(5-2)29(26,27)20-12-10-17(11-13-20)21(25)23-16-22(28-3)14-18-8-6-7-9-19(18)15-22/h6-13H,4-5,14-16H2,1-3H3,(H,23,25). The van der Waals surface area contributed by atoms with Crippen molar-refractivity contribution >= 4 is 15.9 Å². The van der Waals surface area contributed by atoms with Gasteiger partial charge in [0.15, 0.2) is 0 Å². The molecule has 0 saturated heterocycles. The van der Waals surface area contributed by atoms with E-state index in [1.54, 1.807) is 33.1 Å². The molecule has 6 nitrogen and oxygen atoms in total. The second-order valence-corrected chi connectivity index (χ2v) is 9.24. The fraction of sp³-hybridized carbons (Fsp3) is 0.409. The average molecular weight is 417 g/mol. The normalized spacial score (nSPS) is 15.3. The third-order valence-corrected chi connectivity index (χ3v) is 7.67. The van der Waals surface area contributed by atoms with Crippen molar-refractivity contribution < 1.29 is 17.9 Å². The zero-order chi connectivity index (χ0) is 21.1. The highest BCUT2D eigenvalue weighted by Crippen LogP contribution is 2.32. The number of hydrogen-bond acceptors (Lipinski definition) is 4. The van der Waals surface area contributed by atoms with Gasteiger partial charge in [0.2, 0.25) is 10.0 Å². The van der Waals surface area contributed by atoms with Crippen LogP contribution in [0.4, 0.5) is 0 Å². The molecule has 0 bridgehead atoms. The number of methoxy groups -OCH3 is 1. The molecule has 0 atom stereocenters. The minimum Gasteiger partial charge on any atom is -0.376 e. The van der Waals surface area contributed by atoms with Crippen molar-refractivity contribution in [3.8, 4) is 0 Å². The van der Waals surface area contributed by atoms with Gasteiger partial charge in [0.25, 0.3) is 5.91 Å². The molecule has 1 N–H and O–H groups in total. The molecule has 29 heavy (non-hydrogen) atoms. The van der Waals surface area contributed by atoms with Gasteiger partial charge in [-0.05, 0) is 35.4 Å². The van der Waals surface area contributed by atoms with Gasteiger partial charge in [0, 0.05) is 45.1 Å². The van der Waals surface area contributed by atoms with E-state index < -0.39 is 15.6 Å². The summed E-state index contributed by atoms with van der Waals surface area (Å²) in [4.78, 5) is 12.8. The molecule has 0 unspecified atom stereocenters. The highest BCUT2D eigenvalue weighted by molar-refractivity contribution is 7.89. The Kier molecular flexibility index (Phi) is 6.41. The van der Waals surface area contributed by atoms with Crippen molar-refractivity contribution in [2.75, 3.05) is 26.7 Å². The number of fused-ring (bicyclic) bond motifs is 1. The Bertz CT molecular complexity index is 942. The van der Waals surface area contributed by atoms with E-state index in [1.807, 2.05) is 12.1 Å². The first-order chi connectivity index (χ1) is 13.8. The molecule has 1 amide bonds. The first-order valence-corrected chi connectivity index (χ1v) is 11.3. The molecule has 7 heteroatoms. The molecule has 2 aromatic rings. The van der Waals surface area contributed by atoms with Gasteiger partial charge in [0.05, 0.1) is 10.5 Å². The van der Waals surface area contributed by atoms with E-state index in [2.05, 4.69) is 17.4 Å². The minimum absolute atomic E-state index is 0.192. The highest BCUT2D eigenvalue weighted by Gasteiger charge is 2.37. The Labute approximate surface area is 172 Å². The number of hydrogen-bond donors (Lipinski definition) is 1. The van der Waals surface area contributed by atoms with Crippen LogP contribution in [0.2, 0.25) is 0 Å². The molecule has 1 aliphatic rings. The van der Waals surface area contributed by atoms with E-state index in [-0.39, 0.29) is 10.8 Å². The third kappa shape index (κ3) is 4.37. The van der Waals surface area contributed by atoms with Crippen molar-refractivity contribution in [1.82, 2.24) is 9.62 Å². The van der Waals surface area contributed by atoms with E-state index in [9.17, 15) is 13.2 Å². The molecule has 2 aromatic carbocycles. The number of nitrogens with zero attached hydrogens (tertiary/aromatic N) is 1. The topological polar surface area (TPSA) is 75.7 Å². The summed E-state index contributed by atoms with van der Waals surface area (Å²) in [5, 5.41) is 2.95. The zero-order valence-electron chi connectivity index (χ0n) is 17.1. The number of benzene rings is 2. The summed E-state index contributed by atoms with van der Waals surface area (Å²) >= 11 is 0. The van der Waals surface area contributed by atoms with Crippen molar-refractivity contribution in [1.29, 1.82) is 0 Å². The van der Waals surface area contributed by atoms with Crippen LogP contribution in [0, 0.1) is 0 Å². The maximum Gasteiger partial charge on any atom is 0.251 e. The fourth-order valence-corrected chi connectivity index (χ4v) is 5.29. The van der Waals surface area contributed by atoms with Crippen LogP contribution in [0.15, 0.2) is 53.4 Å². The highest BCUT2D eigenvalue weighted by atomic mass is 32.2. The molecule has 0 aromatic heterocycles. The van der Waals surface area contributed by atoms with Crippen molar-refractivity contribution in [3.05, 3.63) is 65.2 Å². The third-order valence-electron chi connectivity index (χ3n) is 5.61. The number of carbonyl (C=O) groups is 1. The van der Waals surface area contributed by atoms with Crippen molar-refractivity contribution in [2.24, 2.45) is 0 Å². The number of ether oxygens (including phenoxy) is 1. The second-order valence-electron chi connectivity index (χ2n) is 7.31. The summed E-state index contributed by atoms with van der Waals surface area (Å²) in [6.07, 6.45) is 1.50. The average Bonchev–Trinajstić information content (AvgIpc) is 3.12. The van der Waals surface area contributed by atoms with E-state index in [4.69, 9.17) is 4.74 Å². The van der Waals surface area contributed by atoms with Crippen LogP contribution in [-0.4, -0.2) is 51.0 Å². The number of carbonyl (C=O) groups excluding carboxylic acids is 1. The van der Waals surface area contributed by atoms with Crippen LogP contribution in [0.3, 0.4) is 0 Å². The number of nitrogens with one attached hydrogen (secondary N) is 1. The van der Waals surface area contributed by atoms with E-state index in [1.165, 1.54) is 27.6 Å². The van der Waals surface area contributed by atoms with E-state index in [0.29, 0.717) is 25.2 Å². The van der Waals surface area contributed by atoms with E-state index >= 15 is 0 Å². The minimum atomic E-state index is -3.53. The molecule has 0 spiro atoms. The summed E-state index contributed by atoms with van der Waals surface area (Å²) in [6.45, 7) is 4.80. The van der Waals surface area contributed by atoms with Gasteiger partial charge in [-0.15, -0.1) is 0 Å². The molecule has 0 radical (unpaired) electrons. The van der Waals surface area contributed by atoms with Crippen LogP contribution < -0.4 is 5.32 Å². The Morgan fingerprint density at radius 2 is 1.59 bits per heavy atom. The Hall–Kier alpha value is -2.22. The Morgan fingerprint density at radius 3 is 2.07 bits per heavy atom. The van der Waals surface area contributed by atoms with Gasteiger partial charge >= 0.3 is 0 Å². The molecule has 0 fully saturated rings. The predicted octanol–water partition coefficient (Wildman–Crippen LogP) is 2.63. The summed E-state index contributed by atoms with van der Waals surface area (Å²) in [7, 11) is -1.86. The molecule has 1 aliphatic carbocycles. The zero-order valence-corrected chi connectivity index (χ0v) is 18.0. The number of rotatable bonds is 8. The first kappa shape index (κ1) is 21.5. The van der Waals surface area contributed by atoms with E-state index in [0.717, 1.165) is 12.8 Å². The molecule has 0 saturated carbocycles. The smallest absolute Gasteiger partial charge is 0.251 e. The lowest BCUT2D eigenvalue weighted by Gasteiger charge is -2.27. The lowest BCUT2D eigenvalue weighted by molar-refractivity contribution is 0.000176. The largest absolute Gasteiger partial charge is 0.376 e. The van der Waals surface area contributed by atoms with Gasteiger partial charge in [-0.2, -0.15) is 4.31 Å². The Balaban J connectivity index is 1.67. The fourth-order valence-electron chi connectivity index (χ4n) is 3.83. The first-order valence-electron chi connectivity index (χ1n) is 9.85.